The van der Waals surface area contributed by atoms with E-state index in [0.717, 1.165) is 0 Å². The van der Waals surface area contributed by atoms with Gasteiger partial charge < -0.3 is 9.47 Å². The number of anilines is 1. The fourth-order valence-corrected chi connectivity index (χ4v) is 3.68. The zero-order valence-electron chi connectivity index (χ0n) is 16.6. The predicted octanol–water partition coefficient (Wildman–Crippen LogP) is 4.39. The van der Waals surface area contributed by atoms with E-state index in [9.17, 15) is 17.6 Å². The van der Waals surface area contributed by atoms with Crippen LogP contribution in [-0.2, 0) is 26.2 Å². The van der Waals surface area contributed by atoms with Crippen molar-refractivity contribution in [3.05, 3.63) is 95.8 Å². The molecule has 0 radical (unpaired) electrons. The Hall–Kier alpha value is -3.65. The Morgan fingerprint density at radius 2 is 1.74 bits per heavy atom. The van der Waals surface area contributed by atoms with Gasteiger partial charge in [-0.3, -0.25) is 4.72 Å². The summed E-state index contributed by atoms with van der Waals surface area (Å²) in [5.41, 5.74) is 1.57. The van der Waals surface area contributed by atoms with Crippen molar-refractivity contribution in [2.24, 2.45) is 0 Å². The van der Waals surface area contributed by atoms with Crippen molar-refractivity contribution in [1.82, 2.24) is 0 Å². The summed E-state index contributed by atoms with van der Waals surface area (Å²) in [6, 6.07) is 18.3. The lowest BCUT2D eigenvalue weighted by Gasteiger charge is -2.09. The Morgan fingerprint density at radius 1 is 1.03 bits per heavy atom. The monoisotopic (exact) mass is 441 g/mol. The van der Waals surface area contributed by atoms with Gasteiger partial charge in [-0.15, -0.1) is 0 Å². The summed E-state index contributed by atoms with van der Waals surface area (Å²) in [6.45, 7) is -0.0465. The molecule has 3 rings (SSSR count). The first-order chi connectivity index (χ1) is 14.9. The topological polar surface area (TPSA) is 81.7 Å². The maximum atomic E-state index is 13.1. The van der Waals surface area contributed by atoms with Crippen molar-refractivity contribution in [2.45, 2.75) is 11.5 Å². The molecule has 1 N–H and O–H groups in total. The molecule has 0 aliphatic rings. The molecular formula is C23H20FNO5S. The quantitative estimate of drug-likeness (QED) is 0.414. The number of hydrogen-bond acceptors (Lipinski definition) is 5. The van der Waals surface area contributed by atoms with Gasteiger partial charge in [-0.1, -0.05) is 24.3 Å². The standard InChI is InChI=1S/C23H20FNO5S/c1-29-21-10-8-20(9-11-21)25-31(27,28)22-12-5-17(6-13-22)7-14-23(26)30-16-18-3-2-4-19(24)15-18/h2-15,25H,16H2,1H3/b14-7+. The first-order valence-corrected chi connectivity index (χ1v) is 10.7. The van der Waals surface area contributed by atoms with Gasteiger partial charge >= 0.3 is 5.97 Å². The van der Waals surface area contributed by atoms with E-state index in [2.05, 4.69) is 4.72 Å². The molecule has 0 aliphatic carbocycles. The number of nitrogens with one attached hydrogen (secondary N) is 1. The van der Waals surface area contributed by atoms with Gasteiger partial charge in [0.05, 0.1) is 12.0 Å². The fraction of sp³-hybridized carbons (Fsp3) is 0.0870. The van der Waals surface area contributed by atoms with Gasteiger partial charge in [0, 0.05) is 11.8 Å². The summed E-state index contributed by atoms with van der Waals surface area (Å²) in [5, 5.41) is 0. The molecule has 0 spiro atoms. The molecule has 160 valence electrons. The predicted molar refractivity (Wildman–Crippen MR) is 115 cm³/mol. The number of carbonyl (C=O) groups excluding carboxylic acids is 1. The highest BCUT2D eigenvalue weighted by Gasteiger charge is 2.14. The molecule has 31 heavy (non-hydrogen) atoms. The second kappa shape index (κ2) is 9.90. The third-order valence-electron chi connectivity index (χ3n) is 4.21. The molecule has 0 amide bonds. The first-order valence-electron chi connectivity index (χ1n) is 9.22. The van der Waals surface area contributed by atoms with Crippen LogP contribution in [0.1, 0.15) is 11.1 Å². The van der Waals surface area contributed by atoms with Crippen LogP contribution in [0, 0.1) is 5.82 Å². The van der Waals surface area contributed by atoms with E-state index in [1.165, 1.54) is 49.6 Å². The van der Waals surface area contributed by atoms with Gasteiger partial charge in [-0.25, -0.2) is 17.6 Å². The lowest BCUT2D eigenvalue weighted by molar-refractivity contribution is -0.138. The molecule has 0 aliphatic heterocycles. The van der Waals surface area contributed by atoms with Crippen LogP contribution in [0.5, 0.6) is 5.75 Å². The molecule has 0 aromatic heterocycles. The second-order valence-electron chi connectivity index (χ2n) is 6.47. The van der Waals surface area contributed by atoms with Gasteiger partial charge in [0.15, 0.2) is 0 Å². The number of halogens is 1. The number of rotatable bonds is 8. The van der Waals surface area contributed by atoms with Gasteiger partial charge in [0.2, 0.25) is 0 Å². The van der Waals surface area contributed by atoms with Gasteiger partial charge in [-0.05, 0) is 65.7 Å². The minimum atomic E-state index is -3.76. The Labute approximate surface area is 180 Å². The molecule has 6 nitrogen and oxygen atoms in total. The number of benzene rings is 3. The van der Waals surface area contributed by atoms with Crippen molar-refractivity contribution in [1.29, 1.82) is 0 Å². The first kappa shape index (κ1) is 22.0. The number of sulfonamides is 1. The maximum absolute atomic E-state index is 13.1. The van der Waals surface area contributed by atoms with Crippen molar-refractivity contribution in [3.63, 3.8) is 0 Å². The Bertz CT molecular complexity index is 1170. The average molecular weight is 441 g/mol. The molecule has 0 saturated carbocycles. The van der Waals surface area contributed by atoms with E-state index < -0.39 is 21.8 Å². The second-order valence-corrected chi connectivity index (χ2v) is 8.16. The Morgan fingerprint density at radius 3 is 2.39 bits per heavy atom. The number of methoxy groups -OCH3 is 1. The minimum absolute atomic E-state index is 0.0465. The van der Waals surface area contributed by atoms with Crippen LogP contribution in [0.25, 0.3) is 6.08 Å². The van der Waals surface area contributed by atoms with E-state index in [0.29, 0.717) is 22.6 Å². The minimum Gasteiger partial charge on any atom is -0.497 e. The van der Waals surface area contributed by atoms with E-state index >= 15 is 0 Å². The van der Waals surface area contributed by atoms with Crippen LogP contribution in [0.3, 0.4) is 0 Å². The number of hydrogen-bond donors (Lipinski definition) is 1. The zero-order chi connectivity index (χ0) is 22.3. The van der Waals surface area contributed by atoms with Crippen LogP contribution in [0.4, 0.5) is 10.1 Å². The van der Waals surface area contributed by atoms with Gasteiger partial charge in [0.25, 0.3) is 10.0 Å². The van der Waals surface area contributed by atoms with Crippen molar-refractivity contribution < 1.29 is 27.1 Å². The molecule has 0 saturated heterocycles. The molecule has 0 atom stereocenters. The largest absolute Gasteiger partial charge is 0.497 e. The summed E-state index contributed by atoms with van der Waals surface area (Å²) < 4.78 is 50.8. The summed E-state index contributed by atoms with van der Waals surface area (Å²) in [7, 11) is -2.23. The van der Waals surface area contributed by atoms with Crippen LogP contribution >= 0.6 is 0 Å². The highest BCUT2D eigenvalue weighted by Crippen LogP contribution is 2.20. The van der Waals surface area contributed by atoms with Crippen LogP contribution in [0.2, 0.25) is 0 Å². The molecule has 0 bridgehead atoms. The lowest BCUT2D eigenvalue weighted by atomic mass is 10.2. The third-order valence-corrected chi connectivity index (χ3v) is 5.61. The molecule has 8 heteroatoms. The van der Waals surface area contributed by atoms with Crippen LogP contribution in [-0.4, -0.2) is 21.5 Å². The Balaban J connectivity index is 1.58. The zero-order valence-corrected chi connectivity index (χ0v) is 17.4. The molecule has 0 fully saturated rings. The molecule has 3 aromatic rings. The molecule has 0 unspecified atom stereocenters. The van der Waals surface area contributed by atoms with Crippen molar-refractivity contribution in [2.75, 3.05) is 11.8 Å². The summed E-state index contributed by atoms with van der Waals surface area (Å²) in [5.74, 6) is -0.378. The van der Waals surface area contributed by atoms with E-state index in [-0.39, 0.29) is 11.5 Å². The number of carbonyl (C=O) groups is 1. The fourth-order valence-electron chi connectivity index (χ4n) is 2.62. The third kappa shape index (κ3) is 6.42. The maximum Gasteiger partial charge on any atom is 0.331 e. The SMILES string of the molecule is COc1ccc(NS(=O)(=O)c2ccc(/C=C/C(=O)OCc3cccc(F)c3)cc2)cc1. The lowest BCUT2D eigenvalue weighted by Crippen LogP contribution is -2.12. The van der Waals surface area contributed by atoms with Gasteiger partial charge in [0.1, 0.15) is 18.2 Å². The number of ether oxygens (including phenoxy) is 2. The van der Waals surface area contributed by atoms with E-state index in [1.807, 2.05) is 0 Å². The highest BCUT2D eigenvalue weighted by atomic mass is 32.2. The van der Waals surface area contributed by atoms with E-state index in [4.69, 9.17) is 9.47 Å². The summed E-state index contributed by atoms with van der Waals surface area (Å²) >= 11 is 0. The molecular weight excluding hydrogens is 421 g/mol. The number of esters is 1. The van der Waals surface area contributed by atoms with E-state index in [1.54, 1.807) is 42.5 Å². The van der Waals surface area contributed by atoms with Crippen LogP contribution < -0.4 is 9.46 Å². The molecule has 0 heterocycles. The Kier molecular flexibility index (Phi) is 7.04. The van der Waals surface area contributed by atoms with Crippen molar-refractivity contribution in [3.8, 4) is 5.75 Å². The highest BCUT2D eigenvalue weighted by molar-refractivity contribution is 7.92. The summed E-state index contributed by atoms with van der Waals surface area (Å²) in [4.78, 5) is 11.9. The molecule has 3 aromatic carbocycles. The summed E-state index contributed by atoms with van der Waals surface area (Å²) in [6.07, 6.45) is 2.72. The normalized spacial score (nSPS) is 11.3. The van der Waals surface area contributed by atoms with Crippen molar-refractivity contribution >= 4 is 27.8 Å². The van der Waals surface area contributed by atoms with Crippen LogP contribution in [0.15, 0.2) is 83.8 Å². The van der Waals surface area contributed by atoms with Gasteiger partial charge in [-0.2, -0.15) is 0 Å². The average Bonchev–Trinajstić information content (AvgIpc) is 2.77. The smallest absolute Gasteiger partial charge is 0.331 e.